The molecule has 1 amide bonds. The molecule has 70 valence electrons. The molecule has 0 aliphatic carbocycles. The van der Waals surface area contributed by atoms with E-state index in [0.29, 0.717) is 12.0 Å². The fourth-order valence-electron chi connectivity index (χ4n) is 1.08. The summed E-state index contributed by atoms with van der Waals surface area (Å²) >= 11 is 0. The van der Waals surface area contributed by atoms with E-state index in [0.717, 1.165) is 4.90 Å². The summed E-state index contributed by atoms with van der Waals surface area (Å²) in [7, 11) is 1.30. The Bertz CT molecular complexity index is 315. The summed E-state index contributed by atoms with van der Waals surface area (Å²) in [5.41, 5.74) is 0.165. The molecule has 0 saturated heterocycles. The maximum absolute atomic E-state index is 13.1. The van der Waals surface area contributed by atoms with Gasteiger partial charge in [0, 0.05) is 7.05 Å². The number of amides is 1. The highest BCUT2D eigenvalue weighted by molar-refractivity contribution is 5.74. The molecule has 0 N–H and O–H groups in total. The van der Waals surface area contributed by atoms with Crippen molar-refractivity contribution in [1.29, 1.82) is 0 Å². The Labute approximate surface area is 74.8 Å². The minimum Gasteiger partial charge on any atom is -0.313 e. The smallest absolute Gasteiger partial charge is 0.214 e. The quantitative estimate of drug-likeness (QED) is 0.644. The van der Waals surface area contributed by atoms with Gasteiger partial charge in [0.1, 0.15) is 17.3 Å². The molecule has 13 heavy (non-hydrogen) atoms. The van der Waals surface area contributed by atoms with Crippen molar-refractivity contribution in [3.05, 3.63) is 29.3 Å². The van der Waals surface area contributed by atoms with Crippen molar-refractivity contribution in [3.63, 3.8) is 0 Å². The second-order valence-electron chi connectivity index (χ2n) is 2.79. The van der Waals surface area contributed by atoms with Gasteiger partial charge in [0.15, 0.2) is 0 Å². The van der Waals surface area contributed by atoms with Crippen molar-refractivity contribution in [2.24, 2.45) is 0 Å². The summed E-state index contributed by atoms with van der Waals surface area (Å²) in [5, 5.41) is 0. The second-order valence-corrected chi connectivity index (χ2v) is 2.79. The van der Waals surface area contributed by atoms with Gasteiger partial charge < -0.3 is 4.90 Å². The predicted molar refractivity (Wildman–Crippen MR) is 45.6 cm³/mol. The van der Waals surface area contributed by atoms with E-state index in [1.54, 1.807) is 6.92 Å². The molecule has 1 aromatic rings. The first kappa shape index (κ1) is 9.64. The summed E-state index contributed by atoms with van der Waals surface area (Å²) in [4.78, 5) is 11.2. The van der Waals surface area contributed by atoms with Gasteiger partial charge in [-0.1, -0.05) is 0 Å². The van der Waals surface area contributed by atoms with Crippen LogP contribution >= 0.6 is 0 Å². The van der Waals surface area contributed by atoms with Crippen molar-refractivity contribution >= 4 is 12.1 Å². The van der Waals surface area contributed by atoms with Crippen LogP contribution in [-0.2, 0) is 4.79 Å². The largest absolute Gasteiger partial charge is 0.313 e. The second kappa shape index (κ2) is 3.51. The van der Waals surface area contributed by atoms with Crippen LogP contribution in [0.5, 0.6) is 0 Å². The molecule has 0 spiro atoms. The van der Waals surface area contributed by atoms with Crippen LogP contribution in [0.1, 0.15) is 5.56 Å². The minimum atomic E-state index is -0.730. The van der Waals surface area contributed by atoms with Gasteiger partial charge in [-0.2, -0.15) is 0 Å². The van der Waals surface area contributed by atoms with Crippen molar-refractivity contribution < 1.29 is 13.6 Å². The number of anilines is 1. The molecule has 0 aliphatic heterocycles. The van der Waals surface area contributed by atoms with E-state index in [-0.39, 0.29) is 5.69 Å². The Hall–Kier alpha value is -1.45. The number of benzene rings is 1. The number of aryl methyl sites for hydroxylation is 1. The number of hydrogen-bond donors (Lipinski definition) is 0. The normalized spacial score (nSPS) is 9.85. The molecular formula is C9H9F2NO. The molecule has 1 rings (SSSR count). The van der Waals surface area contributed by atoms with Crippen molar-refractivity contribution in [3.8, 4) is 0 Å². The van der Waals surface area contributed by atoms with Crippen molar-refractivity contribution in [1.82, 2.24) is 0 Å². The van der Waals surface area contributed by atoms with Crippen LogP contribution in [0.3, 0.4) is 0 Å². The van der Waals surface area contributed by atoms with E-state index in [2.05, 4.69) is 0 Å². The molecule has 4 heteroatoms. The summed E-state index contributed by atoms with van der Waals surface area (Å²) in [6.45, 7) is 1.58. The van der Waals surface area contributed by atoms with E-state index >= 15 is 0 Å². The number of halogens is 2. The zero-order valence-electron chi connectivity index (χ0n) is 7.34. The van der Waals surface area contributed by atoms with Gasteiger partial charge in [-0.3, -0.25) is 4.79 Å². The number of carbonyl (C=O) groups is 1. The Kier molecular flexibility index (Phi) is 2.60. The van der Waals surface area contributed by atoms with Gasteiger partial charge in [0.25, 0.3) is 0 Å². The van der Waals surface area contributed by atoms with Crippen LogP contribution in [0.2, 0.25) is 0 Å². The highest BCUT2D eigenvalue weighted by Crippen LogP contribution is 2.22. The fraction of sp³-hybridized carbons (Fsp3) is 0.222. The van der Waals surface area contributed by atoms with E-state index in [4.69, 9.17) is 0 Å². The number of carbonyl (C=O) groups excluding carboxylic acids is 1. The lowest BCUT2D eigenvalue weighted by Gasteiger charge is -2.12. The fourth-order valence-corrected chi connectivity index (χ4v) is 1.08. The molecule has 0 aromatic heterocycles. The van der Waals surface area contributed by atoms with Gasteiger partial charge in [0.05, 0.1) is 0 Å². The first-order valence-corrected chi connectivity index (χ1v) is 3.70. The van der Waals surface area contributed by atoms with Crippen molar-refractivity contribution in [2.45, 2.75) is 6.92 Å². The van der Waals surface area contributed by atoms with Crippen LogP contribution in [0.4, 0.5) is 14.5 Å². The predicted octanol–water partition coefficient (Wildman–Crippen LogP) is 1.87. The first-order valence-electron chi connectivity index (χ1n) is 3.70. The zero-order chi connectivity index (χ0) is 10.0. The maximum atomic E-state index is 13.1. The lowest BCUT2D eigenvalue weighted by Crippen LogP contribution is -2.17. The molecule has 0 aliphatic rings. The number of hydrogen-bond acceptors (Lipinski definition) is 1. The lowest BCUT2D eigenvalue weighted by molar-refractivity contribution is -0.107. The van der Waals surface area contributed by atoms with Gasteiger partial charge in [-0.05, 0) is 24.6 Å². The maximum Gasteiger partial charge on any atom is 0.214 e. The molecule has 1 aromatic carbocycles. The highest BCUT2D eigenvalue weighted by atomic mass is 19.1. The van der Waals surface area contributed by atoms with Crippen LogP contribution < -0.4 is 4.90 Å². The number of rotatable bonds is 2. The Morgan fingerprint density at radius 3 is 2.15 bits per heavy atom. The van der Waals surface area contributed by atoms with Crippen molar-refractivity contribution in [2.75, 3.05) is 11.9 Å². The third kappa shape index (κ3) is 1.83. The molecule has 0 unspecified atom stereocenters. The SMILES string of the molecule is Cc1cc(F)c(N(C)C=O)c(F)c1. The van der Waals surface area contributed by atoms with Gasteiger partial charge in [-0.25, -0.2) is 8.78 Å². The minimum absolute atomic E-state index is 0.319. The average Bonchev–Trinajstić information content (AvgIpc) is 2.02. The highest BCUT2D eigenvalue weighted by Gasteiger charge is 2.13. The Morgan fingerprint density at radius 1 is 1.31 bits per heavy atom. The van der Waals surface area contributed by atoms with Gasteiger partial charge >= 0.3 is 0 Å². The zero-order valence-corrected chi connectivity index (χ0v) is 7.34. The molecular weight excluding hydrogens is 176 g/mol. The summed E-state index contributed by atoms with van der Waals surface area (Å²) in [6, 6.07) is 2.36. The van der Waals surface area contributed by atoms with E-state index in [1.165, 1.54) is 19.2 Å². The van der Waals surface area contributed by atoms with E-state index in [1.807, 2.05) is 0 Å². The standard InChI is InChI=1S/C9H9F2NO/c1-6-3-7(10)9(8(11)4-6)12(2)5-13/h3-5H,1-2H3. The molecule has 0 atom stereocenters. The van der Waals surface area contributed by atoms with Crippen LogP contribution in [0.15, 0.2) is 12.1 Å². The van der Waals surface area contributed by atoms with Crippen LogP contribution in [0.25, 0.3) is 0 Å². The summed E-state index contributed by atoms with van der Waals surface area (Å²) in [5.74, 6) is -1.46. The van der Waals surface area contributed by atoms with Gasteiger partial charge in [0.2, 0.25) is 6.41 Å². The summed E-state index contributed by atoms with van der Waals surface area (Å²) < 4.78 is 26.2. The molecule has 0 fully saturated rings. The van der Waals surface area contributed by atoms with E-state index < -0.39 is 11.6 Å². The molecule has 0 heterocycles. The van der Waals surface area contributed by atoms with Gasteiger partial charge in [-0.15, -0.1) is 0 Å². The Morgan fingerprint density at radius 2 is 1.77 bits per heavy atom. The first-order chi connectivity index (χ1) is 6.06. The molecule has 2 nitrogen and oxygen atoms in total. The topological polar surface area (TPSA) is 20.3 Å². The Balaban J connectivity index is 3.28. The molecule has 0 radical (unpaired) electrons. The van der Waals surface area contributed by atoms with Crippen LogP contribution in [0, 0.1) is 18.6 Å². The lowest BCUT2D eigenvalue weighted by atomic mass is 10.2. The molecule has 0 saturated carbocycles. The summed E-state index contributed by atoms with van der Waals surface area (Å²) in [6.07, 6.45) is 0.358. The van der Waals surface area contributed by atoms with E-state index in [9.17, 15) is 13.6 Å². The third-order valence-electron chi connectivity index (χ3n) is 1.67. The monoisotopic (exact) mass is 185 g/mol. The van der Waals surface area contributed by atoms with Crippen LogP contribution in [-0.4, -0.2) is 13.5 Å². The number of nitrogens with zero attached hydrogens (tertiary/aromatic N) is 1. The molecule has 0 bridgehead atoms. The average molecular weight is 185 g/mol. The third-order valence-corrected chi connectivity index (χ3v) is 1.67.